The summed E-state index contributed by atoms with van der Waals surface area (Å²) in [6.45, 7) is 1.86. The molecule has 0 unspecified atom stereocenters. The summed E-state index contributed by atoms with van der Waals surface area (Å²) < 4.78 is 0. The van der Waals surface area contributed by atoms with Gasteiger partial charge < -0.3 is 5.11 Å². The number of amides is 1. The van der Waals surface area contributed by atoms with E-state index >= 15 is 0 Å². The van der Waals surface area contributed by atoms with Crippen LogP contribution in [-0.2, 0) is 16.3 Å². The molecule has 0 saturated heterocycles. The van der Waals surface area contributed by atoms with Crippen LogP contribution in [-0.4, -0.2) is 22.0 Å². The number of benzene rings is 2. The maximum atomic E-state index is 12.6. The fraction of sp³-hybridized carbons (Fsp3) is 0.111. The highest BCUT2D eigenvalue weighted by Gasteiger charge is 2.28. The Bertz CT molecular complexity index is 808. The first-order chi connectivity index (χ1) is 11.6. The molecule has 0 bridgehead atoms. The van der Waals surface area contributed by atoms with Gasteiger partial charge in [0.2, 0.25) is 0 Å². The minimum atomic E-state index is -0.216. The van der Waals surface area contributed by atoms with Crippen LogP contribution < -0.4 is 5.01 Å². The van der Waals surface area contributed by atoms with E-state index in [4.69, 9.17) is 5.26 Å². The molecule has 2 aromatic carbocycles. The van der Waals surface area contributed by atoms with Gasteiger partial charge in [-0.1, -0.05) is 24.3 Å². The van der Waals surface area contributed by atoms with Crippen molar-refractivity contribution < 1.29 is 20.0 Å². The highest BCUT2D eigenvalue weighted by molar-refractivity contribution is 6.32. The van der Waals surface area contributed by atoms with Crippen LogP contribution in [0.5, 0.6) is 5.75 Å². The van der Waals surface area contributed by atoms with Gasteiger partial charge in [-0.25, -0.2) is 4.89 Å². The number of anilines is 1. The summed E-state index contributed by atoms with van der Waals surface area (Å²) in [6, 6.07) is 13.6. The maximum absolute atomic E-state index is 12.6. The Morgan fingerprint density at radius 1 is 1.12 bits per heavy atom. The lowest BCUT2D eigenvalue weighted by atomic mass is 10.1. The van der Waals surface area contributed by atoms with Gasteiger partial charge in [0.1, 0.15) is 12.4 Å². The molecule has 0 saturated carbocycles. The number of phenols is 1. The summed E-state index contributed by atoms with van der Waals surface area (Å²) in [5.41, 5.74) is 3.35. The van der Waals surface area contributed by atoms with Crippen molar-refractivity contribution in [3.05, 3.63) is 65.2 Å². The third kappa shape index (κ3) is 3.19. The molecule has 6 heteroatoms. The molecule has 0 fully saturated rings. The molecule has 1 aliphatic heterocycles. The van der Waals surface area contributed by atoms with Crippen LogP contribution in [0.1, 0.15) is 18.1 Å². The second-order valence-corrected chi connectivity index (χ2v) is 5.39. The zero-order chi connectivity index (χ0) is 17.1. The quantitative estimate of drug-likeness (QED) is 0.514. The summed E-state index contributed by atoms with van der Waals surface area (Å²) in [4.78, 5) is 16.7. The summed E-state index contributed by atoms with van der Waals surface area (Å²) >= 11 is 0. The first kappa shape index (κ1) is 15.9. The predicted molar refractivity (Wildman–Crippen MR) is 90.5 cm³/mol. The van der Waals surface area contributed by atoms with Crippen LogP contribution in [0.15, 0.2) is 59.2 Å². The lowest BCUT2D eigenvalue weighted by Crippen LogP contribution is -2.21. The van der Waals surface area contributed by atoms with Gasteiger partial charge in [-0.05, 0) is 48.4 Å². The van der Waals surface area contributed by atoms with Crippen LogP contribution in [0.4, 0.5) is 5.69 Å². The third-order valence-corrected chi connectivity index (χ3v) is 3.68. The molecule has 0 radical (unpaired) electrons. The second kappa shape index (κ2) is 6.66. The average Bonchev–Trinajstić information content (AvgIpc) is 2.86. The van der Waals surface area contributed by atoms with Crippen LogP contribution in [0.3, 0.4) is 0 Å². The SMILES string of the molecule is CC1=NN(c2ccc(COO)cc2)C(=O)C1=Cc1ccc(O)cc1. The molecule has 24 heavy (non-hydrogen) atoms. The lowest BCUT2D eigenvalue weighted by Gasteiger charge is -2.12. The van der Waals surface area contributed by atoms with Crippen molar-refractivity contribution in [1.82, 2.24) is 0 Å². The van der Waals surface area contributed by atoms with Crippen LogP contribution in [0, 0.1) is 0 Å². The number of nitrogens with zero attached hydrogens (tertiary/aromatic N) is 2. The second-order valence-electron chi connectivity index (χ2n) is 5.39. The molecule has 2 aromatic rings. The summed E-state index contributed by atoms with van der Waals surface area (Å²) in [5.74, 6) is -0.0411. The average molecular weight is 324 g/mol. The minimum absolute atomic E-state index is 0.0858. The van der Waals surface area contributed by atoms with E-state index in [-0.39, 0.29) is 18.3 Å². The molecule has 0 spiro atoms. The smallest absolute Gasteiger partial charge is 0.280 e. The van der Waals surface area contributed by atoms with E-state index < -0.39 is 0 Å². The lowest BCUT2D eigenvalue weighted by molar-refractivity contribution is -0.253. The normalized spacial score (nSPS) is 15.9. The van der Waals surface area contributed by atoms with Crippen LogP contribution >= 0.6 is 0 Å². The summed E-state index contributed by atoms with van der Waals surface area (Å²) in [5, 5.41) is 23.4. The van der Waals surface area contributed by atoms with E-state index in [0.29, 0.717) is 17.0 Å². The largest absolute Gasteiger partial charge is 0.508 e. The number of phenolic OH excluding ortho intramolecular Hbond substituents is 1. The Labute approximate surface area is 138 Å². The summed E-state index contributed by atoms with van der Waals surface area (Å²) in [7, 11) is 0. The third-order valence-electron chi connectivity index (χ3n) is 3.68. The van der Waals surface area contributed by atoms with Gasteiger partial charge in [0.25, 0.3) is 5.91 Å². The van der Waals surface area contributed by atoms with E-state index in [2.05, 4.69) is 9.99 Å². The molecule has 6 nitrogen and oxygen atoms in total. The van der Waals surface area contributed by atoms with Crippen molar-refractivity contribution in [3.8, 4) is 5.75 Å². The fourth-order valence-electron chi connectivity index (χ4n) is 2.40. The van der Waals surface area contributed by atoms with Gasteiger partial charge in [-0.15, -0.1) is 0 Å². The first-order valence-corrected chi connectivity index (χ1v) is 7.34. The Morgan fingerprint density at radius 2 is 1.79 bits per heavy atom. The standard InChI is InChI=1S/C18H16N2O4/c1-12-17(10-13-4-8-16(21)9-5-13)18(22)20(19-12)15-6-2-14(3-7-15)11-24-23/h2-10,21,23H,11H2,1H3. The number of carbonyl (C=O) groups excluding carboxylic acids is 1. The van der Waals surface area contributed by atoms with E-state index in [0.717, 1.165) is 11.1 Å². The molecule has 0 aromatic heterocycles. The number of carbonyl (C=O) groups is 1. The first-order valence-electron chi connectivity index (χ1n) is 7.34. The van der Waals surface area contributed by atoms with Crippen molar-refractivity contribution in [2.75, 3.05) is 5.01 Å². The van der Waals surface area contributed by atoms with Crippen molar-refractivity contribution in [3.63, 3.8) is 0 Å². The van der Waals surface area contributed by atoms with Gasteiger partial charge in [0.15, 0.2) is 0 Å². The van der Waals surface area contributed by atoms with Gasteiger partial charge in [-0.3, -0.25) is 10.1 Å². The van der Waals surface area contributed by atoms with Crippen molar-refractivity contribution >= 4 is 23.4 Å². The highest BCUT2D eigenvalue weighted by Crippen LogP contribution is 2.25. The van der Waals surface area contributed by atoms with Crippen molar-refractivity contribution in [2.24, 2.45) is 5.10 Å². The number of hydrogen-bond donors (Lipinski definition) is 2. The molecule has 1 amide bonds. The van der Waals surface area contributed by atoms with Gasteiger partial charge in [-0.2, -0.15) is 10.1 Å². The topological polar surface area (TPSA) is 82.4 Å². The number of hydrogen-bond acceptors (Lipinski definition) is 5. The zero-order valence-corrected chi connectivity index (χ0v) is 13.0. The van der Waals surface area contributed by atoms with Crippen molar-refractivity contribution in [1.29, 1.82) is 0 Å². The van der Waals surface area contributed by atoms with Gasteiger partial charge in [0.05, 0.1) is 17.0 Å². The molecular weight excluding hydrogens is 308 g/mol. The molecule has 1 aliphatic rings. The maximum Gasteiger partial charge on any atom is 0.280 e. The highest BCUT2D eigenvalue weighted by atomic mass is 17.1. The summed E-state index contributed by atoms with van der Waals surface area (Å²) in [6.07, 6.45) is 1.74. The molecule has 3 rings (SSSR count). The Morgan fingerprint density at radius 3 is 2.42 bits per heavy atom. The number of hydrazone groups is 1. The monoisotopic (exact) mass is 324 g/mol. The van der Waals surface area contributed by atoms with E-state index in [9.17, 15) is 9.90 Å². The molecule has 122 valence electrons. The fourth-order valence-corrected chi connectivity index (χ4v) is 2.40. The number of rotatable bonds is 4. The van der Waals surface area contributed by atoms with Crippen molar-refractivity contribution in [2.45, 2.75) is 13.5 Å². The van der Waals surface area contributed by atoms with Gasteiger partial charge in [0, 0.05) is 0 Å². The number of aromatic hydroxyl groups is 1. The minimum Gasteiger partial charge on any atom is -0.508 e. The Hall–Kier alpha value is -2.96. The van der Waals surface area contributed by atoms with Gasteiger partial charge >= 0.3 is 0 Å². The molecule has 2 N–H and O–H groups in total. The van der Waals surface area contributed by atoms with Crippen LogP contribution in [0.2, 0.25) is 0 Å². The van der Waals surface area contributed by atoms with Crippen LogP contribution in [0.25, 0.3) is 6.08 Å². The molecular formula is C18H16N2O4. The molecule has 0 aliphatic carbocycles. The van der Waals surface area contributed by atoms with E-state index in [1.165, 1.54) is 5.01 Å². The predicted octanol–water partition coefficient (Wildman–Crippen LogP) is 3.19. The molecule has 1 heterocycles. The van der Waals surface area contributed by atoms with E-state index in [1.807, 2.05) is 0 Å². The molecule has 0 atom stereocenters. The zero-order valence-electron chi connectivity index (χ0n) is 13.0. The Balaban J connectivity index is 1.85. The Kier molecular flexibility index (Phi) is 4.41. The van der Waals surface area contributed by atoms with E-state index in [1.54, 1.807) is 61.5 Å².